The molecule has 6 nitrogen and oxygen atoms in total. The van der Waals surface area contributed by atoms with E-state index < -0.39 is 0 Å². The molecule has 1 amide bonds. The standard InChI is InChI=1S/C14H18N4O2S/c1-9(7-19)17-13(20)11-3-2-5-18(11)12-10-4-6-21-14(10)16-8-15-12/h4,6,8-9,11,19H,2-3,5,7H2,1H3,(H,17,20). The monoisotopic (exact) mass is 306 g/mol. The number of anilines is 1. The van der Waals surface area contributed by atoms with E-state index in [1.807, 2.05) is 11.4 Å². The quantitative estimate of drug-likeness (QED) is 0.886. The van der Waals surface area contributed by atoms with Gasteiger partial charge >= 0.3 is 0 Å². The third-order valence-electron chi connectivity index (χ3n) is 3.73. The molecule has 0 spiro atoms. The number of amides is 1. The van der Waals surface area contributed by atoms with Crippen LogP contribution in [-0.4, -0.2) is 46.2 Å². The molecule has 0 aromatic carbocycles. The fraction of sp³-hybridized carbons (Fsp3) is 0.500. The highest BCUT2D eigenvalue weighted by Crippen LogP contribution is 2.31. The Bertz CT molecular complexity index is 645. The number of aliphatic hydroxyl groups is 1. The number of nitrogens with one attached hydrogen (secondary N) is 1. The van der Waals surface area contributed by atoms with Gasteiger partial charge in [0.2, 0.25) is 5.91 Å². The number of hydrogen-bond acceptors (Lipinski definition) is 6. The fourth-order valence-electron chi connectivity index (χ4n) is 2.68. The zero-order chi connectivity index (χ0) is 14.8. The molecule has 2 aromatic rings. The summed E-state index contributed by atoms with van der Waals surface area (Å²) in [6.45, 7) is 2.55. The lowest BCUT2D eigenvalue weighted by atomic mass is 10.2. The average molecular weight is 306 g/mol. The highest BCUT2D eigenvalue weighted by molar-refractivity contribution is 7.16. The van der Waals surface area contributed by atoms with Crippen LogP contribution < -0.4 is 10.2 Å². The van der Waals surface area contributed by atoms with Gasteiger partial charge in [-0.15, -0.1) is 11.3 Å². The maximum Gasteiger partial charge on any atom is 0.243 e. The number of carbonyl (C=O) groups is 1. The number of thiophene rings is 1. The van der Waals surface area contributed by atoms with Gasteiger partial charge in [-0.25, -0.2) is 9.97 Å². The Kier molecular flexibility index (Phi) is 4.03. The first-order valence-corrected chi connectivity index (χ1v) is 7.94. The van der Waals surface area contributed by atoms with Crippen LogP contribution in [0, 0.1) is 0 Å². The van der Waals surface area contributed by atoms with Crippen molar-refractivity contribution in [1.29, 1.82) is 0 Å². The summed E-state index contributed by atoms with van der Waals surface area (Å²) in [5.74, 6) is 0.784. The van der Waals surface area contributed by atoms with Crippen molar-refractivity contribution in [3.05, 3.63) is 17.8 Å². The van der Waals surface area contributed by atoms with Crippen molar-refractivity contribution >= 4 is 33.3 Å². The minimum Gasteiger partial charge on any atom is -0.394 e. The molecule has 1 aliphatic heterocycles. The van der Waals surface area contributed by atoms with Crippen molar-refractivity contribution in [2.24, 2.45) is 0 Å². The van der Waals surface area contributed by atoms with E-state index in [0.717, 1.165) is 35.4 Å². The number of aromatic nitrogens is 2. The number of aliphatic hydroxyl groups excluding tert-OH is 1. The van der Waals surface area contributed by atoms with E-state index in [4.69, 9.17) is 5.11 Å². The van der Waals surface area contributed by atoms with Crippen molar-refractivity contribution < 1.29 is 9.90 Å². The molecule has 3 heterocycles. The Hall–Kier alpha value is -1.73. The van der Waals surface area contributed by atoms with Gasteiger partial charge in [0.1, 0.15) is 23.0 Å². The van der Waals surface area contributed by atoms with Crippen LogP contribution in [0.3, 0.4) is 0 Å². The lowest BCUT2D eigenvalue weighted by molar-refractivity contribution is -0.123. The summed E-state index contributed by atoms with van der Waals surface area (Å²) in [5.41, 5.74) is 0. The fourth-order valence-corrected chi connectivity index (χ4v) is 3.41. The van der Waals surface area contributed by atoms with Crippen molar-refractivity contribution in [1.82, 2.24) is 15.3 Å². The lowest BCUT2D eigenvalue weighted by Crippen LogP contribution is -2.47. The van der Waals surface area contributed by atoms with Gasteiger partial charge in [-0.2, -0.15) is 0 Å². The van der Waals surface area contributed by atoms with Crippen molar-refractivity contribution in [2.75, 3.05) is 18.1 Å². The first-order chi connectivity index (χ1) is 10.2. The topological polar surface area (TPSA) is 78.4 Å². The molecule has 2 atom stereocenters. The van der Waals surface area contributed by atoms with E-state index in [-0.39, 0.29) is 24.6 Å². The van der Waals surface area contributed by atoms with Crippen molar-refractivity contribution in [2.45, 2.75) is 31.8 Å². The number of carbonyl (C=O) groups excluding carboxylic acids is 1. The van der Waals surface area contributed by atoms with Gasteiger partial charge in [-0.05, 0) is 31.2 Å². The average Bonchev–Trinajstić information content (AvgIpc) is 3.15. The second-order valence-corrected chi connectivity index (χ2v) is 6.17. The van der Waals surface area contributed by atoms with E-state index in [0.29, 0.717) is 0 Å². The maximum atomic E-state index is 12.4. The number of fused-ring (bicyclic) bond motifs is 1. The van der Waals surface area contributed by atoms with Gasteiger partial charge < -0.3 is 15.3 Å². The Morgan fingerprint density at radius 2 is 2.48 bits per heavy atom. The molecule has 2 N–H and O–H groups in total. The summed E-state index contributed by atoms with van der Waals surface area (Å²) < 4.78 is 0. The predicted molar refractivity (Wildman–Crippen MR) is 82.5 cm³/mol. The molecule has 0 bridgehead atoms. The minimum atomic E-state index is -0.230. The maximum absolute atomic E-state index is 12.4. The largest absolute Gasteiger partial charge is 0.394 e. The number of rotatable bonds is 4. The molecule has 1 aliphatic rings. The third-order valence-corrected chi connectivity index (χ3v) is 4.55. The van der Waals surface area contributed by atoms with Crippen LogP contribution in [0.4, 0.5) is 5.82 Å². The molecule has 7 heteroatoms. The summed E-state index contributed by atoms with van der Waals surface area (Å²) in [5, 5.41) is 14.9. The van der Waals surface area contributed by atoms with Crippen molar-refractivity contribution in [3.8, 4) is 0 Å². The highest BCUT2D eigenvalue weighted by atomic mass is 32.1. The van der Waals surface area contributed by atoms with Gasteiger partial charge in [0.15, 0.2) is 0 Å². The van der Waals surface area contributed by atoms with Crippen LogP contribution in [0.1, 0.15) is 19.8 Å². The molecule has 112 valence electrons. The van der Waals surface area contributed by atoms with Crippen LogP contribution in [-0.2, 0) is 4.79 Å². The predicted octanol–water partition coefficient (Wildman–Crippen LogP) is 1.16. The molecular formula is C14H18N4O2S. The molecule has 2 aromatic heterocycles. The summed E-state index contributed by atoms with van der Waals surface area (Å²) in [6, 6.07) is 1.54. The first-order valence-electron chi connectivity index (χ1n) is 7.07. The van der Waals surface area contributed by atoms with E-state index in [2.05, 4.69) is 20.2 Å². The summed E-state index contributed by atoms with van der Waals surface area (Å²) >= 11 is 1.57. The van der Waals surface area contributed by atoms with Gasteiger partial charge in [-0.3, -0.25) is 4.79 Å². The molecule has 0 aliphatic carbocycles. The number of nitrogens with zero attached hydrogens (tertiary/aromatic N) is 3. The van der Waals surface area contributed by atoms with Crippen molar-refractivity contribution in [3.63, 3.8) is 0 Å². The highest BCUT2D eigenvalue weighted by Gasteiger charge is 2.33. The smallest absolute Gasteiger partial charge is 0.243 e. The minimum absolute atomic E-state index is 0.0453. The summed E-state index contributed by atoms with van der Waals surface area (Å²) in [7, 11) is 0. The van der Waals surface area contributed by atoms with E-state index in [1.165, 1.54) is 0 Å². The third kappa shape index (κ3) is 2.71. The Balaban J connectivity index is 1.87. The van der Waals surface area contributed by atoms with Crippen LogP contribution in [0.25, 0.3) is 10.2 Å². The van der Waals surface area contributed by atoms with Gasteiger partial charge in [0.25, 0.3) is 0 Å². The normalized spacial score (nSPS) is 19.9. The first kappa shape index (κ1) is 14.2. The molecular weight excluding hydrogens is 288 g/mol. The summed E-state index contributed by atoms with van der Waals surface area (Å²) in [6.07, 6.45) is 3.32. The van der Waals surface area contributed by atoms with E-state index >= 15 is 0 Å². The molecule has 2 unspecified atom stereocenters. The van der Waals surface area contributed by atoms with Gasteiger partial charge in [0, 0.05) is 12.6 Å². The van der Waals surface area contributed by atoms with E-state index in [9.17, 15) is 4.79 Å². The van der Waals surface area contributed by atoms with Crippen LogP contribution in [0.2, 0.25) is 0 Å². The molecule has 21 heavy (non-hydrogen) atoms. The number of hydrogen-bond donors (Lipinski definition) is 2. The Labute approximate surface area is 126 Å². The van der Waals surface area contributed by atoms with Crippen LogP contribution >= 0.6 is 11.3 Å². The molecule has 1 saturated heterocycles. The molecule has 3 rings (SSSR count). The second-order valence-electron chi connectivity index (χ2n) is 5.28. The molecule has 0 saturated carbocycles. The molecule has 0 radical (unpaired) electrons. The second kappa shape index (κ2) is 5.95. The zero-order valence-electron chi connectivity index (χ0n) is 11.8. The van der Waals surface area contributed by atoms with E-state index in [1.54, 1.807) is 24.6 Å². The summed E-state index contributed by atoms with van der Waals surface area (Å²) in [4.78, 5) is 24.0. The van der Waals surface area contributed by atoms with Crippen LogP contribution in [0.5, 0.6) is 0 Å². The Morgan fingerprint density at radius 3 is 3.29 bits per heavy atom. The lowest BCUT2D eigenvalue weighted by Gasteiger charge is -2.26. The van der Waals surface area contributed by atoms with Crippen LogP contribution in [0.15, 0.2) is 17.8 Å². The zero-order valence-corrected chi connectivity index (χ0v) is 12.6. The van der Waals surface area contributed by atoms with Gasteiger partial charge in [-0.1, -0.05) is 0 Å². The Morgan fingerprint density at radius 1 is 1.62 bits per heavy atom. The molecule has 1 fully saturated rings. The SMILES string of the molecule is CC(CO)NC(=O)C1CCCN1c1ncnc2sccc12. The van der Waals surface area contributed by atoms with Gasteiger partial charge in [0.05, 0.1) is 12.0 Å².